The van der Waals surface area contributed by atoms with Crippen LogP contribution in [0.4, 0.5) is 13.2 Å². The van der Waals surface area contributed by atoms with Gasteiger partial charge in [0.05, 0.1) is 7.11 Å². The molecule has 6 nitrogen and oxygen atoms in total. The van der Waals surface area contributed by atoms with Gasteiger partial charge in [0.2, 0.25) is 10.0 Å². The third-order valence-corrected chi connectivity index (χ3v) is 3.83. The number of ether oxygens (including phenoxy) is 2. The van der Waals surface area contributed by atoms with Gasteiger partial charge in [-0.3, -0.25) is 4.79 Å². The van der Waals surface area contributed by atoms with Gasteiger partial charge in [-0.15, -0.1) is 13.2 Å². The number of carbonyl (C=O) groups excluding carboxylic acids is 1. The second-order valence-electron chi connectivity index (χ2n) is 3.86. The van der Waals surface area contributed by atoms with Crippen molar-refractivity contribution in [2.45, 2.75) is 24.2 Å². The Morgan fingerprint density at radius 1 is 1.29 bits per heavy atom. The first-order chi connectivity index (χ1) is 9.57. The number of hydrogen-bond donors (Lipinski definition) is 1. The average Bonchev–Trinajstić information content (AvgIpc) is 2.35. The summed E-state index contributed by atoms with van der Waals surface area (Å²) >= 11 is 0. The van der Waals surface area contributed by atoms with E-state index in [1.165, 1.54) is 19.1 Å². The topological polar surface area (TPSA) is 81.7 Å². The lowest BCUT2D eigenvalue weighted by Gasteiger charge is -2.16. The molecule has 1 unspecified atom stereocenters. The zero-order valence-corrected chi connectivity index (χ0v) is 11.8. The Morgan fingerprint density at radius 3 is 2.38 bits per heavy atom. The van der Waals surface area contributed by atoms with E-state index in [1.54, 1.807) is 0 Å². The normalized spacial score (nSPS) is 13.6. The first kappa shape index (κ1) is 17.2. The van der Waals surface area contributed by atoms with E-state index >= 15 is 0 Å². The number of methoxy groups -OCH3 is 1. The van der Waals surface area contributed by atoms with Crippen molar-refractivity contribution in [2.24, 2.45) is 0 Å². The number of carbonyl (C=O) groups is 1. The number of para-hydroxylation sites is 1. The van der Waals surface area contributed by atoms with Crippen LogP contribution in [0.2, 0.25) is 0 Å². The Balaban J connectivity index is 3.12. The third kappa shape index (κ3) is 4.90. The molecule has 0 aromatic heterocycles. The summed E-state index contributed by atoms with van der Waals surface area (Å²) < 4.78 is 70.6. The van der Waals surface area contributed by atoms with Crippen LogP contribution >= 0.6 is 0 Å². The number of nitrogens with one attached hydrogen (secondary N) is 1. The van der Waals surface area contributed by atoms with Crippen LogP contribution in [0.15, 0.2) is 29.2 Å². The number of rotatable bonds is 5. The maximum absolute atomic E-state index is 12.2. The highest BCUT2D eigenvalue weighted by Crippen LogP contribution is 2.29. The summed E-state index contributed by atoms with van der Waals surface area (Å²) in [5, 5.41) is 0. The van der Waals surface area contributed by atoms with Crippen molar-refractivity contribution >= 4 is 16.0 Å². The molecule has 0 bridgehead atoms. The molecule has 0 radical (unpaired) electrons. The Morgan fingerprint density at radius 2 is 1.86 bits per heavy atom. The molecule has 0 aliphatic carbocycles. The smallest absolute Gasteiger partial charge is 0.468 e. The molecule has 1 rings (SSSR count). The fourth-order valence-electron chi connectivity index (χ4n) is 1.40. The van der Waals surface area contributed by atoms with E-state index in [-0.39, 0.29) is 0 Å². The minimum absolute atomic E-state index is 0.738. The van der Waals surface area contributed by atoms with Gasteiger partial charge in [0.1, 0.15) is 16.7 Å². The van der Waals surface area contributed by atoms with Crippen LogP contribution in [0.25, 0.3) is 0 Å². The quantitative estimate of drug-likeness (QED) is 0.827. The molecule has 1 aromatic carbocycles. The number of esters is 1. The van der Waals surface area contributed by atoms with Crippen LogP contribution in [0.5, 0.6) is 5.75 Å². The first-order valence-electron chi connectivity index (χ1n) is 5.52. The summed E-state index contributed by atoms with van der Waals surface area (Å²) in [5.41, 5.74) is 0. The van der Waals surface area contributed by atoms with E-state index in [9.17, 15) is 26.4 Å². The molecule has 21 heavy (non-hydrogen) atoms. The van der Waals surface area contributed by atoms with E-state index in [4.69, 9.17) is 0 Å². The Bertz CT molecular complexity index is 615. The van der Waals surface area contributed by atoms with E-state index in [2.05, 4.69) is 9.47 Å². The highest BCUT2D eigenvalue weighted by atomic mass is 32.2. The molecule has 0 heterocycles. The SMILES string of the molecule is COC(=O)C(C)NS(=O)(=O)c1ccccc1OC(F)(F)F. The number of alkyl halides is 3. The lowest BCUT2D eigenvalue weighted by molar-refractivity contribution is -0.275. The zero-order chi connectivity index (χ0) is 16.3. The molecular weight excluding hydrogens is 315 g/mol. The van der Waals surface area contributed by atoms with Gasteiger partial charge in [0.25, 0.3) is 0 Å². The molecular formula is C11H12F3NO5S. The number of halogens is 3. The highest BCUT2D eigenvalue weighted by molar-refractivity contribution is 7.89. The standard InChI is InChI=1S/C11H12F3NO5S/c1-7(10(16)19-2)15-21(17,18)9-6-4-3-5-8(9)20-11(12,13)14/h3-7,15H,1-2H3. The molecule has 10 heteroatoms. The van der Waals surface area contributed by atoms with Crippen molar-refractivity contribution in [3.05, 3.63) is 24.3 Å². The lowest BCUT2D eigenvalue weighted by Crippen LogP contribution is -2.39. The van der Waals surface area contributed by atoms with E-state index < -0.39 is 39.0 Å². The number of sulfonamides is 1. The predicted octanol–water partition coefficient (Wildman–Crippen LogP) is 1.42. The van der Waals surface area contributed by atoms with Crippen LogP contribution in [-0.4, -0.2) is 33.9 Å². The Hall–Kier alpha value is -1.81. The highest BCUT2D eigenvalue weighted by Gasteiger charge is 2.34. The van der Waals surface area contributed by atoms with Crippen LogP contribution < -0.4 is 9.46 Å². The second-order valence-corrected chi connectivity index (χ2v) is 5.54. The summed E-state index contributed by atoms with van der Waals surface area (Å²) in [5.74, 6) is -1.78. The molecule has 0 amide bonds. The van der Waals surface area contributed by atoms with Gasteiger partial charge in [-0.05, 0) is 19.1 Å². The maximum atomic E-state index is 12.2. The summed E-state index contributed by atoms with van der Waals surface area (Å²) in [6.45, 7) is 1.19. The van der Waals surface area contributed by atoms with Crippen molar-refractivity contribution in [2.75, 3.05) is 7.11 Å². The van der Waals surface area contributed by atoms with Crippen LogP contribution in [0.3, 0.4) is 0 Å². The third-order valence-electron chi connectivity index (χ3n) is 2.25. The molecule has 0 saturated heterocycles. The number of hydrogen-bond acceptors (Lipinski definition) is 5. The molecule has 0 spiro atoms. The minimum atomic E-state index is -5.04. The fourth-order valence-corrected chi connectivity index (χ4v) is 2.72. The van der Waals surface area contributed by atoms with Gasteiger partial charge in [-0.25, -0.2) is 8.42 Å². The van der Waals surface area contributed by atoms with Crippen molar-refractivity contribution < 1.29 is 35.9 Å². The second kappa shape index (κ2) is 6.31. The van der Waals surface area contributed by atoms with Gasteiger partial charge in [0.15, 0.2) is 0 Å². The first-order valence-corrected chi connectivity index (χ1v) is 7.00. The van der Waals surface area contributed by atoms with Crippen molar-refractivity contribution in [1.29, 1.82) is 0 Å². The molecule has 1 N–H and O–H groups in total. The maximum Gasteiger partial charge on any atom is 0.573 e. The largest absolute Gasteiger partial charge is 0.573 e. The van der Waals surface area contributed by atoms with Crippen LogP contribution in [0.1, 0.15) is 6.92 Å². The van der Waals surface area contributed by atoms with E-state index in [0.29, 0.717) is 0 Å². The molecule has 0 saturated carbocycles. The van der Waals surface area contributed by atoms with Crippen LogP contribution in [-0.2, 0) is 19.6 Å². The summed E-state index contributed by atoms with van der Waals surface area (Å²) in [4.78, 5) is 10.4. The summed E-state index contributed by atoms with van der Waals surface area (Å²) in [6, 6.07) is 2.92. The minimum Gasteiger partial charge on any atom is -0.468 e. The summed E-state index contributed by atoms with van der Waals surface area (Å²) in [6.07, 6.45) is -5.04. The van der Waals surface area contributed by atoms with Crippen LogP contribution in [0, 0.1) is 0 Å². The molecule has 118 valence electrons. The molecule has 0 fully saturated rings. The number of benzene rings is 1. The summed E-state index contributed by atoms with van der Waals surface area (Å²) in [7, 11) is -3.34. The van der Waals surface area contributed by atoms with Gasteiger partial charge in [-0.2, -0.15) is 4.72 Å². The van der Waals surface area contributed by atoms with E-state index in [1.807, 2.05) is 4.72 Å². The molecule has 1 aromatic rings. The molecule has 0 aliphatic rings. The fraction of sp³-hybridized carbons (Fsp3) is 0.364. The van der Waals surface area contributed by atoms with Gasteiger partial charge < -0.3 is 9.47 Å². The Labute approximate surface area is 118 Å². The zero-order valence-electron chi connectivity index (χ0n) is 11.0. The monoisotopic (exact) mass is 327 g/mol. The average molecular weight is 327 g/mol. The van der Waals surface area contributed by atoms with E-state index in [0.717, 1.165) is 19.2 Å². The van der Waals surface area contributed by atoms with Crippen molar-refractivity contribution in [1.82, 2.24) is 4.72 Å². The molecule has 0 aliphatic heterocycles. The van der Waals surface area contributed by atoms with Crippen molar-refractivity contribution in [3.8, 4) is 5.75 Å². The van der Waals surface area contributed by atoms with Crippen molar-refractivity contribution in [3.63, 3.8) is 0 Å². The van der Waals surface area contributed by atoms with Gasteiger partial charge in [-0.1, -0.05) is 12.1 Å². The van der Waals surface area contributed by atoms with Gasteiger partial charge in [0, 0.05) is 0 Å². The molecule has 1 atom stereocenters. The lowest BCUT2D eigenvalue weighted by atomic mass is 10.3. The predicted molar refractivity (Wildman–Crippen MR) is 64.9 cm³/mol. The van der Waals surface area contributed by atoms with Gasteiger partial charge >= 0.3 is 12.3 Å². The Kier molecular flexibility index (Phi) is 5.18.